The van der Waals surface area contributed by atoms with Crippen molar-refractivity contribution in [3.8, 4) is 11.5 Å². The highest BCUT2D eigenvalue weighted by Gasteiger charge is 2.30. The Bertz CT molecular complexity index is 598. The molecule has 0 radical (unpaired) electrons. The predicted octanol–water partition coefficient (Wildman–Crippen LogP) is 7.32. The molecule has 24 heavy (non-hydrogen) atoms. The summed E-state index contributed by atoms with van der Waals surface area (Å²) in [7, 11) is 0. The van der Waals surface area contributed by atoms with Crippen LogP contribution < -0.4 is 4.74 Å². The Morgan fingerprint density at radius 2 is 1.46 bits per heavy atom. The summed E-state index contributed by atoms with van der Waals surface area (Å²) in [4.78, 5) is 0. The number of hydrogen-bond donors (Lipinski definition) is 0. The largest absolute Gasteiger partial charge is 0.457 e. The molecule has 0 amide bonds. The first kappa shape index (κ1) is 21.7. The highest BCUT2D eigenvalue weighted by atomic mass is 19.4. The number of rotatable bonds is 2. The van der Waals surface area contributed by atoms with Gasteiger partial charge in [0.25, 0.3) is 0 Å². The Morgan fingerprint density at radius 1 is 0.917 bits per heavy atom. The number of hydrogen-bond acceptors (Lipinski definition) is 1. The first-order valence-electron chi connectivity index (χ1n) is 7.50. The number of ether oxygens (including phenoxy) is 1. The Hall–Kier alpha value is -2.30. The van der Waals surface area contributed by atoms with Crippen LogP contribution in [-0.2, 0) is 6.18 Å². The summed E-state index contributed by atoms with van der Waals surface area (Å²) in [6.07, 6.45) is -2.52. The van der Waals surface area contributed by atoms with E-state index in [9.17, 15) is 17.6 Å². The Labute approximate surface area is 140 Å². The maximum Gasteiger partial charge on any atom is 0.416 e. The van der Waals surface area contributed by atoms with Crippen molar-refractivity contribution in [2.75, 3.05) is 0 Å². The molecule has 132 valence electrons. The maximum absolute atomic E-state index is 12.5. The number of alkyl halides is 3. The Kier molecular flexibility index (Phi) is 10.2. The van der Waals surface area contributed by atoms with Crippen LogP contribution in [0, 0.1) is 6.92 Å². The molecule has 2 aromatic rings. The van der Waals surface area contributed by atoms with Gasteiger partial charge >= 0.3 is 6.18 Å². The van der Waals surface area contributed by atoms with Crippen LogP contribution in [0.4, 0.5) is 17.6 Å². The monoisotopic (exact) mass is 342 g/mol. The first-order chi connectivity index (χ1) is 11.4. The molecule has 0 spiro atoms. The number of benzene rings is 2. The lowest BCUT2D eigenvalue weighted by Gasteiger charge is -2.10. The second kappa shape index (κ2) is 11.3. The van der Waals surface area contributed by atoms with Crippen molar-refractivity contribution < 1.29 is 22.3 Å². The lowest BCUT2D eigenvalue weighted by atomic mass is 10.2. The molecule has 0 N–H and O–H groups in total. The molecule has 2 rings (SSSR count). The number of allylic oxidation sites excluding steroid dienone is 1. The van der Waals surface area contributed by atoms with Crippen LogP contribution in [0.3, 0.4) is 0 Å². The third-order valence-electron chi connectivity index (χ3n) is 2.54. The summed E-state index contributed by atoms with van der Waals surface area (Å²) in [5.41, 5.74) is 0.346. The highest BCUT2D eigenvalue weighted by Crippen LogP contribution is 2.32. The minimum absolute atomic E-state index is 0.175. The van der Waals surface area contributed by atoms with E-state index in [-0.39, 0.29) is 5.75 Å². The van der Waals surface area contributed by atoms with E-state index in [1.165, 1.54) is 18.2 Å². The van der Waals surface area contributed by atoms with E-state index in [1.54, 1.807) is 19.1 Å². The molecule has 5 heteroatoms. The predicted molar refractivity (Wildman–Crippen MR) is 90.0 cm³/mol. The van der Waals surface area contributed by atoms with Crippen molar-refractivity contribution in [1.82, 2.24) is 0 Å². The van der Waals surface area contributed by atoms with Crippen LogP contribution in [0.15, 0.2) is 60.9 Å². The average Bonchev–Trinajstić information content (AvgIpc) is 2.58. The minimum Gasteiger partial charge on any atom is -0.457 e. The third-order valence-corrected chi connectivity index (χ3v) is 2.54. The molecule has 2 aromatic carbocycles. The van der Waals surface area contributed by atoms with Gasteiger partial charge in [-0.25, -0.2) is 4.39 Å². The SMILES string of the molecule is C/C=C/F.CC.Cc1ccc(Oc2cccc(C(F)(F)F)c2)cc1. The number of aryl methyl sites for hydroxylation is 1. The lowest BCUT2D eigenvalue weighted by molar-refractivity contribution is -0.137. The molecule has 0 atom stereocenters. The van der Waals surface area contributed by atoms with E-state index in [4.69, 9.17) is 4.74 Å². The van der Waals surface area contributed by atoms with Crippen LogP contribution in [0.5, 0.6) is 11.5 Å². The van der Waals surface area contributed by atoms with Gasteiger partial charge in [0.05, 0.1) is 11.9 Å². The van der Waals surface area contributed by atoms with Crippen molar-refractivity contribution >= 4 is 0 Å². The van der Waals surface area contributed by atoms with Crippen LogP contribution in [0.2, 0.25) is 0 Å². The molecule has 0 heterocycles. The van der Waals surface area contributed by atoms with Gasteiger partial charge in [-0.2, -0.15) is 13.2 Å². The zero-order valence-corrected chi connectivity index (χ0v) is 14.2. The smallest absolute Gasteiger partial charge is 0.416 e. The van der Waals surface area contributed by atoms with Gasteiger partial charge in [0.15, 0.2) is 0 Å². The van der Waals surface area contributed by atoms with Crippen LogP contribution in [0.1, 0.15) is 31.9 Å². The fraction of sp³-hybridized carbons (Fsp3) is 0.263. The standard InChI is InChI=1S/C14H11F3O.C3H5F.C2H6/c1-10-5-7-12(8-6-10)18-13-4-2-3-11(9-13)14(15,16)17;1-2-3-4;1-2/h2-9H,1H3;2-3H,1H3;1-2H3/b;3-2+;. The van der Waals surface area contributed by atoms with Crippen molar-refractivity contribution in [3.63, 3.8) is 0 Å². The first-order valence-corrected chi connectivity index (χ1v) is 7.50. The van der Waals surface area contributed by atoms with Crippen LogP contribution in [-0.4, -0.2) is 0 Å². The number of halogens is 4. The van der Waals surface area contributed by atoms with Crippen molar-refractivity contribution in [1.29, 1.82) is 0 Å². The van der Waals surface area contributed by atoms with E-state index in [0.29, 0.717) is 12.1 Å². The van der Waals surface area contributed by atoms with E-state index >= 15 is 0 Å². The summed E-state index contributed by atoms with van der Waals surface area (Å²) in [5, 5.41) is 0. The summed E-state index contributed by atoms with van der Waals surface area (Å²) in [5.74, 6) is 0.689. The fourth-order valence-electron chi connectivity index (χ4n) is 1.48. The molecule has 0 fully saturated rings. The second-order valence-electron chi connectivity index (χ2n) is 4.40. The van der Waals surface area contributed by atoms with E-state index in [1.807, 2.05) is 32.9 Å². The van der Waals surface area contributed by atoms with Gasteiger partial charge in [-0.05, 0) is 44.2 Å². The molecular formula is C19H22F4O. The van der Waals surface area contributed by atoms with Gasteiger partial charge in [0.2, 0.25) is 0 Å². The molecule has 0 aliphatic rings. The zero-order chi connectivity index (χ0) is 18.6. The Morgan fingerprint density at radius 3 is 1.92 bits per heavy atom. The fourth-order valence-corrected chi connectivity index (χ4v) is 1.48. The van der Waals surface area contributed by atoms with Crippen LogP contribution >= 0.6 is 0 Å². The normalized spacial score (nSPS) is 10.3. The molecule has 1 nitrogen and oxygen atoms in total. The van der Waals surface area contributed by atoms with Gasteiger partial charge in [0.1, 0.15) is 11.5 Å². The summed E-state index contributed by atoms with van der Waals surface area (Å²) in [6.45, 7) is 7.55. The molecule has 0 aliphatic heterocycles. The topological polar surface area (TPSA) is 9.23 Å². The second-order valence-corrected chi connectivity index (χ2v) is 4.40. The molecule has 0 unspecified atom stereocenters. The third kappa shape index (κ3) is 8.36. The average molecular weight is 342 g/mol. The van der Waals surface area contributed by atoms with Gasteiger partial charge in [-0.3, -0.25) is 0 Å². The quantitative estimate of drug-likeness (QED) is 0.519. The molecule has 0 saturated carbocycles. The van der Waals surface area contributed by atoms with E-state index < -0.39 is 11.7 Å². The molecule has 0 aromatic heterocycles. The van der Waals surface area contributed by atoms with Gasteiger partial charge in [-0.1, -0.05) is 43.7 Å². The molecule has 0 aliphatic carbocycles. The van der Waals surface area contributed by atoms with Crippen LogP contribution in [0.25, 0.3) is 0 Å². The highest BCUT2D eigenvalue weighted by molar-refractivity contribution is 5.35. The maximum atomic E-state index is 12.5. The summed E-state index contributed by atoms with van der Waals surface area (Å²) < 4.78 is 53.4. The van der Waals surface area contributed by atoms with E-state index in [0.717, 1.165) is 17.7 Å². The molecular weight excluding hydrogens is 320 g/mol. The molecule has 0 saturated heterocycles. The van der Waals surface area contributed by atoms with Gasteiger partial charge < -0.3 is 4.74 Å². The zero-order valence-electron chi connectivity index (χ0n) is 14.2. The van der Waals surface area contributed by atoms with Crippen molar-refractivity contribution in [3.05, 3.63) is 72.1 Å². The Balaban J connectivity index is 0.000000773. The minimum atomic E-state index is -4.35. The van der Waals surface area contributed by atoms with Gasteiger partial charge in [-0.15, -0.1) is 0 Å². The van der Waals surface area contributed by atoms with Crippen molar-refractivity contribution in [2.45, 2.75) is 33.9 Å². The van der Waals surface area contributed by atoms with Gasteiger partial charge in [0, 0.05) is 0 Å². The molecule has 0 bridgehead atoms. The lowest BCUT2D eigenvalue weighted by Crippen LogP contribution is -2.04. The summed E-state index contributed by atoms with van der Waals surface area (Å²) >= 11 is 0. The van der Waals surface area contributed by atoms with E-state index in [2.05, 4.69) is 0 Å². The van der Waals surface area contributed by atoms with Crippen molar-refractivity contribution in [2.24, 2.45) is 0 Å². The summed E-state index contributed by atoms with van der Waals surface area (Å²) in [6, 6.07) is 11.9.